The van der Waals surface area contributed by atoms with E-state index < -0.39 is 35.1 Å². The molecule has 36 heavy (non-hydrogen) atoms. The Bertz CT molecular complexity index is 1360. The van der Waals surface area contributed by atoms with Crippen molar-refractivity contribution >= 4 is 17.4 Å². The van der Waals surface area contributed by atoms with Crippen LogP contribution in [-0.2, 0) is 12.4 Å². The molecule has 0 saturated heterocycles. The number of benzene rings is 2. The molecule has 2 heterocycles. The number of hydrogen-bond donors (Lipinski definition) is 3. The quantitative estimate of drug-likeness (QED) is 0.281. The number of nitrogens with zero attached hydrogens (tertiary/aromatic N) is 3. The fraction of sp³-hybridized carbons (Fsp3) is 0.174. The average Bonchev–Trinajstić information content (AvgIpc) is 3.31. The molecule has 5 N–H and O–H groups in total. The zero-order valence-corrected chi connectivity index (χ0v) is 18.9. The van der Waals surface area contributed by atoms with Crippen LogP contribution in [0, 0.1) is 0 Å². The van der Waals surface area contributed by atoms with E-state index >= 15 is 0 Å². The zero-order valence-electron chi connectivity index (χ0n) is 18.1. The van der Waals surface area contributed by atoms with Crippen LogP contribution in [0.25, 0.3) is 22.5 Å². The maximum absolute atomic E-state index is 13.5. The molecule has 2 aromatic heterocycles. The summed E-state index contributed by atoms with van der Waals surface area (Å²) in [6.07, 6.45) is -8.37. The molecule has 4 aromatic rings. The predicted octanol–water partition coefficient (Wildman–Crippen LogP) is 5.90. The van der Waals surface area contributed by atoms with E-state index in [4.69, 9.17) is 23.1 Å². The average molecular weight is 527 g/mol. The van der Waals surface area contributed by atoms with Crippen molar-refractivity contribution < 1.29 is 26.3 Å². The van der Waals surface area contributed by atoms with Gasteiger partial charge in [-0.15, -0.1) is 0 Å². The van der Waals surface area contributed by atoms with Crippen LogP contribution in [0.15, 0.2) is 54.7 Å². The number of H-pyrrole nitrogens is 1. The standard InChI is InChI=1S/C23H17ClF6N6/c24-14-7-3-12(4-8-14)17-18(15(9-31)11-1-5-13(6-2-11)22(25,26)27)34-21(35-20(17)32)16-10-33-36-19(16)23(28,29)30/h1-8,10,15H,9,31H2,(H,33,36)(H2,32,34,35). The lowest BCUT2D eigenvalue weighted by Gasteiger charge is -2.21. The monoisotopic (exact) mass is 526 g/mol. The molecule has 0 spiro atoms. The third-order valence-electron chi connectivity index (χ3n) is 5.45. The van der Waals surface area contributed by atoms with Gasteiger partial charge < -0.3 is 11.5 Å². The SMILES string of the molecule is NCC(c1ccc(C(F)(F)F)cc1)c1nc(-c2c[nH]nc2C(F)(F)F)nc(N)c1-c1ccc(Cl)cc1. The van der Waals surface area contributed by atoms with E-state index in [0.29, 0.717) is 16.1 Å². The maximum atomic E-state index is 13.5. The first-order valence-electron chi connectivity index (χ1n) is 10.3. The van der Waals surface area contributed by atoms with E-state index in [2.05, 4.69) is 20.2 Å². The van der Waals surface area contributed by atoms with Gasteiger partial charge in [0.1, 0.15) is 5.82 Å². The summed E-state index contributed by atoms with van der Waals surface area (Å²) >= 11 is 5.98. The van der Waals surface area contributed by atoms with Crippen LogP contribution in [0.3, 0.4) is 0 Å². The first-order chi connectivity index (χ1) is 16.9. The summed E-state index contributed by atoms with van der Waals surface area (Å²) in [5.74, 6) is -1.35. The highest BCUT2D eigenvalue weighted by atomic mass is 35.5. The lowest BCUT2D eigenvalue weighted by molar-refractivity contribution is -0.140. The molecule has 0 fully saturated rings. The lowest BCUT2D eigenvalue weighted by Crippen LogP contribution is -2.19. The molecule has 0 amide bonds. The summed E-state index contributed by atoms with van der Waals surface area (Å²) in [5.41, 5.74) is 10.9. The van der Waals surface area contributed by atoms with Crippen molar-refractivity contribution in [3.63, 3.8) is 0 Å². The lowest BCUT2D eigenvalue weighted by atomic mass is 9.89. The van der Waals surface area contributed by atoms with E-state index in [0.717, 1.165) is 18.3 Å². The number of nitrogens with one attached hydrogen (secondary N) is 1. The normalized spacial score (nSPS) is 13.1. The van der Waals surface area contributed by atoms with Crippen molar-refractivity contribution in [3.8, 4) is 22.5 Å². The van der Waals surface area contributed by atoms with Gasteiger partial charge in [-0.3, -0.25) is 5.10 Å². The number of aromatic nitrogens is 4. The molecule has 1 unspecified atom stereocenters. The first kappa shape index (κ1) is 25.5. The van der Waals surface area contributed by atoms with Gasteiger partial charge in [0, 0.05) is 29.2 Å². The van der Waals surface area contributed by atoms with Crippen molar-refractivity contribution in [2.24, 2.45) is 5.73 Å². The largest absolute Gasteiger partial charge is 0.435 e. The van der Waals surface area contributed by atoms with Gasteiger partial charge in [-0.2, -0.15) is 31.4 Å². The molecule has 13 heteroatoms. The molecule has 2 aromatic carbocycles. The van der Waals surface area contributed by atoms with Gasteiger partial charge in [0.15, 0.2) is 11.5 Å². The van der Waals surface area contributed by atoms with E-state index in [-0.39, 0.29) is 29.4 Å². The Morgan fingerprint density at radius 2 is 1.53 bits per heavy atom. The van der Waals surface area contributed by atoms with Gasteiger partial charge in [0.2, 0.25) is 0 Å². The molecule has 0 bridgehead atoms. The minimum absolute atomic E-state index is 0.136. The van der Waals surface area contributed by atoms with Crippen molar-refractivity contribution in [2.75, 3.05) is 12.3 Å². The maximum Gasteiger partial charge on any atom is 0.435 e. The molecule has 0 aliphatic heterocycles. The molecule has 0 saturated carbocycles. The van der Waals surface area contributed by atoms with Gasteiger partial charge >= 0.3 is 12.4 Å². The Kier molecular flexibility index (Phi) is 6.67. The molecular weight excluding hydrogens is 510 g/mol. The van der Waals surface area contributed by atoms with Crippen molar-refractivity contribution in [1.29, 1.82) is 0 Å². The molecule has 1 atom stereocenters. The van der Waals surface area contributed by atoms with Crippen LogP contribution in [0.1, 0.15) is 28.4 Å². The van der Waals surface area contributed by atoms with E-state index in [9.17, 15) is 26.3 Å². The van der Waals surface area contributed by atoms with Gasteiger partial charge in [-0.1, -0.05) is 35.9 Å². The topological polar surface area (TPSA) is 106 Å². The fourth-order valence-corrected chi connectivity index (χ4v) is 3.89. The van der Waals surface area contributed by atoms with Gasteiger partial charge in [0.25, 0.3) is 0 Å². The van der Waals surface area contributed by atoms with Crippen molar-refractivity contribution in [1.82, 2.24) is 20.2 Å². The number of hydrogen-bond acceptors (Lipinski definition) is 5. The van der Waals surface area contributed by atoms with Gasteiger partial charge in [-0.25, -0.2) is 9.97 Å². The summed E-state index contributed by atoms with van der Waals surface area (Å²) in [6, 6.07) is 10.6. The third-order valence-corrected chi connectivity index (χ3v) is 5.71. The summed E-state index contributed by atoms with van der Waals surface area (Å²) < 4.78 is 79.6. The van der Waals surface area contributed by atoms with Crippen molar-refractivity contribution in [2.45, 2.75) is 18.3 Å². The second kappa shape index (κ2) is 9.43. The van der Waals surface area contributed by atoms with Gasteiger partial charge in [-0.05, 0) is 35.4 Å². The number of rotatable bonds is 5. The van der Waals surface area contributed by atoms with E-state index in [1.165, 1.54) is 12.1 Å². The number of nitrogens with two attached hydrogens (primary N) is 2. The number of halogens is 7. The minimum atomic E-state index is -4.80. The smallest absolute Gasteiger partial charge is 0.383 e. The number of nitrogen functional groups attached to an aromatic ring is 1. The molecular formula is C23H17ClF6N6. The second-order valence-electron chi connectivity index (χ2n) is 7.75. The Hall–Kier alpha value is -3.64. The fourth-order valence-electron chi connectivity index (χ4n) is 3.77. The van der Waals surface area contributed by atoms with Crippen LogP contribution >= 0.6 is 11.6 Å². The van der Waals surface area contributed by atoms with E-state index in [1.807, 2.05) is 0 Å². The Labute approximate surface area is 205 Å². The summed E-state index contributed by atoms with van der Waals surface area (Å²) in [4.78, 5) is 8.47. The molecule has 0 aliphatic rings. The Morgan fingerprint density at radius 3 is 2.08 bits per heavy atom. The molecule has 0 aliphatic carbocycles. The highest BCUT2D eigenvalue weighted by Gasteiger charge is 2.38. The van der Waals surface area contributed by atoms with Crippen LogP contribution in [0.2, 0.25) is 5.02 Å². The van der Waals surface area contributed by atoms with Crippen LogP contribution in [0.4, 0.5) is 32.2 Å². The number of anilines is 1. The first-order valence-corrected chi connectivity index (χ1v) is 10.7. The highest BCUT2D eigenvalue weighted by molar-refractivity contribution is 6.30. The zero-order chi connectivity index (χ0) is 26.3. The number of aromatic amines is 1. The summed E-state index contributed by atoms with van der Waals surface area (Å²) in [7, 11) is 0. The molecule has 0 radical (unpaired) electrons. The Balaban J connectivity index is 1.94. The molecule has 6 nitrogen and oxygen atoms in total. The Morgan fingerprint density at radius 1 is 0.889 bits per heavy atom. The van der Waals surface area contributed by atoms with Crippen LogP contribution < -0.4 is 11.5 Å². The van der Waals surface area contributed by atoms with Gasteiger partial charge in [0.05, 0.1) is 16.8 Å². The third kappa shape index (κ3) is 5.00. The molecule has 188 valence electrons. The predicted molar refractivity (Wildman–Crippen MR) is 122 cm³/mol. The number of alkyl halides is 6. The van der Waals surface area contributed by atoms with Crippen molar-refractivity contribution in [3.05, 3.63) is 82.3 Å². The summed E-state index contributed by atoms with van der Waals surface area (Å²) in [6.45, 7) is -0.140. The van der Waals surface area contributed by atoms with E-state index in [1.54, 1.807) is 24.3 Å². The minimum Gasteiger partial charge on any atom is -0.383 e. The molecule has 4 rings (SSSR count). The van der Waals surface area contributed by atoms with Crippen LogP contribution in [0.5, 0.6) is 0 Å². The summed E-state index contributed by atoms with van der Waals surface area (Å²) in [5, 5.41) is 5.83. The second-order valence-corrected chi connectivity index (χ2v) is 8.19. The highest BCUT2D eigenvalue weighted by Crippen LogP contribution is 2.40. The van der Waals surface area contributed by atoms with Crippen LogP contribution in [-0.4, -0.2) is 26.7 Å².